The molecular formula is C16H14ClN3. The molecular weight excluding hydrogens is 270 g/mol. The Morgan fingerprint density at radius 2 is 2.05 bits per heavy atom. The molecule has 0 saturated heterocycles. The number of pyridine rings is 1. The van der Waals surface area contributed by atoms with Crippen molar-refractivity contribution in [1.82, 2.24) is 4.98 Å². The molecule has 1 unspecified atom stereocenters. The maximum absolute atomic E-state index is 8.90. The van der Waals surface area contributed by atoms with Gasteiger partial charge in [0.25, 0.3) is 0 Å². The molecule has 0 spiro atoms. The highest BCUT2D eigenvalue weighted by molar-refractivity contribution is 6.32. The molecule has 1 atom stereocenters. The van der Waals surface area contributed by atoms with Gasteiger partial charge in [0.1, 0.15) is 6.07 Å². The van der Waals surface area contributed by atoms with Crippen LogP contribution in [-0.2, 0) is 0 Å². The minimum atomic E-state index is 0.0660. The van der Waals surface area contributed by atoms with Crippen LogP contribution in [0.3, 0.4) is 0 Å². The van der Waals surface area contributed by atoms with Gasteiger partial charge in [0.15, 0.2) is 0 Å². The van der Waals surface area contributed by atoms with Crippen molar-refractivity contribution in [1.29, 1.82) is 5.26 Å². The Morgan fingerprint density at radius 1 is 1.25 bits per heavy atom. The Morgan fingerprint density at radius 3 is 2.70 bits per heavy atom. The lowest BCUT2D eigenvalue weighted by Gasteiger charge is -2.12. The largest absolute Gasteiger partial charge is 0.324 e. The highest BCUT2D eigenvalue weighted by atomic mass is 35.5. The van der Waals surface area contributed by atoms with E-state index in [1.54, 1.807) is 18.3 Å². The lowest BCUT2D eigenvalue weighted by molar-refractivity contribution is 0.631. The molecule has 0 amide bonds. The van der Waals surface area contributed by atoms with Crippen LogP contribution in [0.5, 0.6) is 0 Å². The lowest BCUT2D eigenvalue weighted by atomic mass is 10.00. The summed E-state index contributed by atoms with van der Waals surface area (Å²) in [5.41, 5.74) is 9.68. The average molecular weight is 284 g/mol. The number of rotatable bonds is 3. The van der Waals surface area contributed by atoms with Crippen molar-refractivity contribution in [3.63, 3.8) is 0 Å². The van der Waals surface area contributed by atoms with E-state index in [0.29, 0.717) is 16.5 Å². The zero-order valence-electron chi connectivity index (χ0n) is 10.9. The number of nitrogens with zero attached hydrogens (tertiary/aromatic N) is 2. The number of hydrogen-bond donors (Lipinski definition) is 1. The zero-order chi connectivity index (χ0) is 14.1. The molecule has 2 aromatic rings. The smallest absolute Gasteiger partial charge is 0.101 e. The molecule has 1 aromatic heterocycles. The van der Waals surface area contributed by atoms with Crippen molar-refractivity contribution in [2.24, 2.45) is 11.7 Å². The van der Waals surface area contributed by atoms with E-state index in [-0.39, 0.29) is 6.04 Å². The Kier molecular flexibility index (Phi) is 3.43. The molecule has 1 aliphatic rings. The first-order chi connectivity index (χ1) is 9.69. The van der Waals surface area contributed by atoms with E-state index >= 15 is 0 Å². The summed E-state index contributed by atoms with van der Waals surface area (Å²) in [5, 5.41) is 9.36. The molecule has 0 aliphatic heterocycles. The van der Waals surface area contributed by atoms with Gasteiger partial charge in [-0.3, -0.25) is 4.98 Å². The van der Waals surface area contributed by atoms with E-state index in [0.717, 1.165) is 16.7 Å². The van der Waals surface area contributed by atoms with Gasteiger partial charge in [-0.2, -0.15) is 5.26 Å². The molecule has 3 nitrogen and oxygen atoms in total. The number of halogens is 1. The van der Waals surface area contributed by atoms with Gasteiger partial charge in [0.2, 0.25) is 0 Å². The molecule has 1 heterocycles. The monoisotopic (exact) mass is 283 g/mol. The molecule has 1 aliphatic carbocycles. The molecule has 1 saturated carbocycles. The number of nitriles is 1. The Hall–Kier alpha value is -1.89. The molecule has 1 aromatic carbocycles. The topological polar surface area (TPSA) is 62.7 Å². The van der Waals surface area contributed by atoms with Crippen molar-refractivity contribution in [2.75, 3.05) is 0 Å². The highest BCUT2D eigenvalue weighted by Gasteiger charge is 2.29. The van der Waals surface area contributed by atoms with Crippen molar-refractivity contribution in [3.8, 4) is 17.2 Å². The van der Waals surface area contributed by atoms with E-state index in [9.17, 15) is 0 Å². The van der Waals surface area contributed by atoms with E-state index < -0.39 is 0 Å². The van der Waals surface area contributed by atoms with Gasteiger partial charge in [-0.15, -0.1) is 0 Å². The summed E-state index contributed by atoms with van der Waals surface area (Å²) in [6.07, 6.45) is 6.03. The van der Waals surface area contributed by atoms with Crippen molar-refractivity contribution in [2.45, 2.75) is 18.9 Å². The SMILES string of the molecule is N#Cc1ccc(-c2cncc(C(N)C3CC3)c2)cc1Cl. The molecule has 0 bridgehead atoms. The number of benzene rings is 1. The maximum Gasteiger partial charge on any atom is 0.101 e. The summed E-state index contributed by atoms with van der Waals surface area (Å²) in [6.45, 7) is 0. The Balaban J connectivity index is 1.96. The van der Waals surface area contributed by atoms with Crippen LogP contribution in [0.4, 0.5) is 0 Å². The second-order valence-electron chi connectivity index (χ2n) is 5.18. The second-order valence-corrected chi connectivity index (χ2v) is 5.58. The molecule has 20 heavy (non-hydrogen) atoms. The van der Waals surface area contributed by atoms with Gasteiger partial charge in [0, 0.05) is 24.0 Å². The van der Waals surface area contributed by atoms with Crippen LogP contribution in [0.15, 0.2) is 36.7 Å². The molecule has 100 valence electrons. The van der Waals surface area contributed by atoms with Gasteiger partial charge in [0.05, 0.1) is 10.6 Å². The normalized spacial score (nSPS) is 15.7. The predicted molar refractivity (Wildman–Crippen MR) is 79.1 cm³/mol. The fourth-order valence-corrected chi connectivity index (χ4v) is 2.53. The quantitative estimate of drug-likeness (QED) is 0.934. The van der Waals surface area contributed by atoms with Crippen molar-refractivity contribution < 1.29 is 0 Å². The van der Waals surface area contributed by atoms with Crippen LogP contribution in [0.1, 0.15) is 30.0 Å². The van der Waals surface area contributed by atoms with E-state index in [4.69, 9.17) is 22.6 Å². The third-order valence-corrected chi connectivity index (χ3v) is 4.01. The minimum absolute atomic E-state index is 0.0660. The fourth-order valence-electron chi connectivity index (χ4n) is 2.31. The van der Waals surface area contributed by atoms with Crippen LogP contribution in [0, 0.1) is 17.2 Å². The first-order valence-electron chi connectivity index (χ1n) is 6.59. The fraction of sp³-hybridized carbons (Fsp3) is 0.250. The molecule has 0 radical (unpaired) electrons. The summed E-state index contributed by atoms with van der Waals surface area (Å²) in [5.74, 6) is 0.594. The Labute approximate surface area is 123 Å². The van der Waals surface area contributed by atoms with E-state index in [1.807, 2.05) is 12.3 Å². The average Bonchev–Trinajstić information content (AvgIpc) is 3.31. The van der Waals surface area contributed by atoms with Gasteiger partial charge in [-0.1, -0.05) is 17.7 Å². The maximum atomic E-state index is 8.90. The van der Waals surface area contributed by atoms with E-state index in [2.05, 4.69) is 17.1 Å². The molecule has 1 fully saturated rings. The van der Waals surface area contributed by atoms with Crippen LogP contribution in [-0.4, -0.2) is 4.98 Å². The summed E-state index contributed by atoms with van der Waals surface area (Å²) >= 11 is 6.07. The minimum Gasteiger partial charge on any atom is -0.324 e. The number of hydrogen-bond acceptors (Lipinski definition) is 3. The van der Waals surface area contributed by atoms with Crippen LogP contribution < -0.4 is 5.73 Å². The van der Waals surface area contributed by atoms with Crippen LogP contribution in [0.2, 0.25) is 5.02 Å². The zero-order valence-corrected chi connectivity index (χ0v) is 11.6. The van der Waals surface area contributed by atoms with Gasteiger partial charge in [-0.05, 0) is 48.1 Å². The van der Waals surface area contributed by atoms with Crippen LogP contribution in [0.25, 0.3) is 11.1 Å². The molecule has 3 rings (SSSR count). The summed E-state index contributed by atoms with van der Waals surface area (Å²) in [6, 6.07) is 9.59. The van der Waals surface area contributed by atoms with Gasteiger partial charge >= 0.3 is 0 Å². The first-order valence-corrected chi connectivity index (χ1v) is 6.97. The standard InChI is InChI=1S/C16H14ClN3/c17-15-6-11(3-4-12(15)7-18)13-5-14(9-20-8-13)16(19)10-1-2-10/h3-6,8-10,16H,1-2,19H2. The van der Waals surface area contributed by atoms with E-state index in [1.165, 1.54) is 12.8 Å². The first kappa shape index (κ1) is 13.1. The lowest BCUT2D eigenvalue weighted by Crippen LogP contribution is -2.12. The van der Waals surface area contributed by atoms with Crippen molar-refractivity contribution in [3.05, 3.63) is 52.8 Å². The summed E-state index contributed by atoms with van der Waals surface area (Å²) in [4.78, 5) is 4.28. The second kappa shape index (κ2) is 5.24. The highest BCUT2D eigenvalue weighted by Crippen LogP contribution is 2.39. The third-order valence-electron chi connectivity index (χ3n) is 3.70. The predicted octanol–water partition coefficient (Wildman–Crippen LogP) is 3.68. The molecule has 2 N–H and O–H groups in total. The van der Waals surface area contributed by atoms with Gasteiger partial charge in [-0.25, -0.2) is 0 Å². The van der Waals surface area contributed by atoms with Gasteiger partial charge < -0.3 is 5.73 Å². The summed E-state index contributed by atoms with van der Waals surface area (Å²) < 4.78 is 0. The third kappa shape index (κ3) is 2.53. The van der Waals surface area contributed by atoms with Crippen LogP contribution >= 0.6 is 11.6 Å². The number of nitrogens with two attached hydrogens (primary N) is 1. The summed E-state index contributed by atoms with van der Waals surface area (Å²) in [7, 11) is 0. The Bertz CT molecular complexity index is 686. The molecule has 4 heteroatoms. The van der Waals surface area contributed by atoms with Crippen molar-refractivity contribution >= 4 is 11.6 Å². The number of aromatic nitrogens is 1.